The molecule has 1 aromatic heterocycles. The normalized spacial score (nSPS) is 10.3. The van der Waals surface area contributed by atoms with Gasteiger partial charge in [-0.2, -0.15) is 0 Å². The van der Waals surface area contributed by atoms with Gasteiger partial charge in [0.15, 0.2) is 0 Å². The van der Waals surface area contributed by atoms with Gasteiger partial charge in [0.2, 0.25) is 5.88 Å². The van der Waals surface area contributed by atoms with E-state index < -0.39 is 0 Å². The minimum absolute atomic E-state index is 0.209. The third-order valence-electron chi connectivity index (χ3n) is 4.23. The fourth-order valence-corrected chi connectivity index (χ4v) is 2.74. The summed E-state index contributed by atoms with van der Waals surface area (Å²) in [6, 6.07) is 14.1. The maximum absolute atomic E-state index is 12.4. The third-order valence-corrected chi connectivity index (χ3v) is 4.23. The monoisotopic (exact) mass is 394 g/mol. The van der Waals surface area contributed by atoms with Gasteiger partial charge in [-0.05, 0) is 42.0 Å². The van der Waals surface area contributed by atoms with Crippen LogP contribution in [0.2, 0.25) is 0 Å². The summed E-state index contributed by atoms with van der Waals surface area (Å²) in [4.78, 5) is 24.8. The molecule has 0 aliphatic carbocycles. The highest BCUT2D eigenvalue weighted by Crippen LogP contribution is 2.18. The Kier molecular flexibility index (Phi) is 6.13. The van der Waals surface area contributed by atoms with Crippen LogP contribution in [-0.4, -0.2) is 35.8 Å². The van der Waals surface area contributed by atoms with Gasteiger partial charge < -0.3 is 20.1 Å². The van der Waals surface area contributed by atoms with Gasteiger partial charge in [0.25, 0.3) is 11.8 Å². The molecule has 0 spiro atoms. The van der Waals surface area contributed by atoms with E-state index in [0.717, 1.165) is 11.3 Å². The van der Waals surface area contributed by atoms with Crippen LogP contribution in [0, 0.1) is 0 Å². The number of methoxy groups -OCH3 is 2. The van der Waals surface area contributed by atoms with E-state index >= 15 is 0 Å². The molecule has 2 N–H and O–H groups in total. The van der Waals surface area contributed by atoms with E-state index in [-0.39, 0.29) is 17.7 Å². The van der Waals surface area contributed by atoms with Crippen molar-refractivity contribution in [2.45, 2.75) is 6.54 Å². The van der Waals surface area contributed by atoms with E-state index in [0.29, 0.717) is 23.4 Å². The largest absolute Gasteiger partial charge is 0.497 e. The van der Waals surface area contributed by atoms with Gasteiger partial charge in [0, 0.05) is 31.0 Å². The number of hydrogen-bond donors (Lipinski definition) is 2. The molecular formula is C21H22N4O4. The van der Waals surface area contributed by atoms with E-state index in [1.807, 2.05) is 24.3 Å². The quantitative estimate of drug-likeness (QED) is 0.642. The molecule has 0 aliphatic rings. The van der Waals surface area contributed by atoms with Crippen LogP contribution in [0.25, 0.3) is 0 Å². The summed E-state index contributed by atoms with van der Waals surface area (Å²) in [6.07, 6.45) is 1.58. The van der Waals surface area contributed by atoms with Crippen LogP contribution in [0.15, 0.2) is 54.7 Å². The second-order valence-electron chi connectivity index (χ2n) is 6.29. The Morgan fingerprint density at radius 2 is 1.79 bits per heavy atom. The average molecular weight is 394 g/mol. The Bertz CT molecular complexity index is 1010. The van der Waals surface area contributed by atoms with Crippen molar-refractivity contribution >= 4 is 17.5 Å². The van der Waals surface area contributed by atoms with Crippen molar-refractivity contribution in [3.63, 3.8) is 0 Å². The first kappa shape index (κ1) is 19.9. The molecule has 0 unspecified atom stereocenters. The average Bonchev–Trinajstić information content (AvgIpc) is 3.13. The molecule has 0 atom stereocenters. The Morgan fingerprint density at radius 3 is 2.48 bits per heavy atom. The van der Waals surface area contributed by atoms with Crippen molar-refractivity contribution < 1.29 is 19.1 Å². The molecule has 8 nitrogen and oxygen atoms in total. The summed E-state index contributed by atoms with van der Waals surface area (Å²) in [5.74, 6) is 0.436. The fraction of sp³-hybridized carbons (Fsp3) is 0.190. The summed E-state index contributed by atoms with van der Waals surface area (Å²) < 4.78 is 11.8. The zero-order chi connectivity index (χ0) is 20.8. The predicted molar refractivity (Wildman–Crippen MR) is 108 cm³/mol. The highest BCUT2D eigenvalue weighted by molar-refractivity contribution is 6.06. The Hall–Kier alpha value is -3.81. The smallest absolute Gasteiger partial charge is 0.262 e. The molecule has 0 saturated heterocycles. The first-order valence-electron chi connectivity index (χ1n) is 8.90. The molecule has 2 amide bonds. The SMILES string of the molecule is COc1cccc(CNC(=O)c2ccc(NC(=O)c3cn(C)nc3OC)cc2)c1. The van der Waals surface area contributed by atoms with Crippen molar-refractivity contribution in [1.29, 1.82) is 0 Å². The lowest BCUT2D eigenvalue weighted by Gasteiger charge is -2.08. The summed E-state index contributed by atoms with van der Waals surface area (Å²) in [5, 5.41) is 9.68. The van der Waals surface area contributed by atoms with Crippen LogP contribution in [-0.2, 0) is 13.6 Å². The Labute approximate surface area is 168 Å². The van der Waals surface area contributed by atoms with Crippen molar-refractivity contribution in [2.24, 2.45) is 7.05 Å². The van der Waals surface area contributed by atoms with Gasteiger partial charge in [-0.3, -0.25) is 14.3 Å². The molecule has 0 aliphatic heterocycles. The van der Waals surface area contributed by atoms with Crippen LogP contribution in [0.3, 0.4) is 0 Å². The lowest BCUT2D eigenvalue weighted by molar-refractivity contribution is 0.0950. The zero-order valence-corrected chi connectivity index (χ0v) is 16.4. The summed E-state index contributed by atoms with van der Waals surface area (Å²) in [6.45, 7) is 0.384. The number of nitrogens with zero attached hydrogens (tertiary/aromatic N) is 2. The number of benzene rings is 2. The molecule has 0 radical (unpaired) electrons. The van der Waals surface area contributed by atoms with Gasteiger partial charge in [-0.25, -0.2) is 0 Å². The fourth-order valence-electron chi connectivity index (χ4n) is 2.74. The minimum atomic E-state index is -0.342. The Morgan fingerprint density at radius 1 is 1.03 bits per heavy atom. The first-order valence-corrected chi connectivity index (χ1v) is 8.90. The van der Waals surface area contributed by atoms with Crippen LogP contribution in [0.1, 0.15) is 26.3 Å². The number of aromatic nitrogens is 2. The standard InChI is InChI=1S/C21H22N4O4/c1-25-13-18(21(24-25)29-3)20(27)23-16-9-7-15(8-10-16)19(26)22-12-14-5-4-6-17(11-14)28-2/h4-11,13H,12H2,1-3H3,(H,22,26)(H,23,27). The number of hydrogen-bond acceptors (Lipinski definition) is 5. The highest BCUT2D eigenvalue weighted by Gasteiger charge is 2.16. The molecule has 2 aromatic carbocycles. The van der Waals surface area contributed by atoms with Gasteiger partial charge in [0.1, 0.15) is 11.3 Å². The van der Waals surface area contributed by atoms with Gasteiger partial charge >= 0.3 is 0 Å². The molecule has 0 saturated carbocycles. The number of rotatable bonds is 7. The number of carbonyl (C=O) groups excluding carboxylic acids is 2. The minimum Gasteiger partial charge on any atom is -0.497 e. The first-order chi connectivity index (χ1) is 14.0. The van der Waals surface area contributed by atoms with Crippen LogP contribution < -0.4 is 20.1 Å². The second kappa shape index (κ2) is 8.92. The molecule has 150 valence electrons. The van der Waals surface area contributed by atoms with Gasteiger partial charge in [0.05, 0.1) is 14.2 Å². The number of nitrogens with one attached hydrogen (secondary N) is 2. The molecular weight excluding hydrogens is 372 g/mol. The molecule has 3 aromatic rings. The molecule has 29 heavy (non-hydrogen) atoms. The number of anilines is 1. The van der Waals surface area contributed by atoms with E-state index in [1.165, 1.54) is 11.8 Å². The number of carbonyl (C=O) groups is 2. The lowest BCUT2D eigenvalue weighted by atomic mass is 10.1. The predicted octanol–water partition coefficient (Wildman–Crippen LogP) is 2.62. The summed E-state index contributed by atoms with van der Waals surface area (Å²) >= 11 is 0. The third kappa shape index (κ3) is 4.92. The maximum atomic E-state index is 12.4. The zero-order valence-electron chi connectivity index (χ0n) is 16.4. The highest BCUT2D eigenvalue weighted by atomic mass is 16.5. The summed E-state index contributed by atoms with van der Waals surface area (Å²) in [7, 11) is 4.76. The van der Waals surface area contributed by atoms with Gasteiger partial charge in [-0.15, -0.1) is 5.10 Å². The van der Waals surface area contributed by atoms with Crippen LogP contribution in [0.5, 0.6) is 11.6 Å². The summed E-state index contributed by atoms with van der Waals surface area (Å²) in [5.41, 5.74) is 2.32. The van der Waals surface area contributed by atoms with E-state index in [4.69, 9.17) is 9.47 Å². The lowest BCUT2D eigenvalue weighted by Crippen LogP contribution is -2.22. The molecule has 0 fully saturated rings. The topological polar surface area (TPSA) is 94.5 Å². The van der Waals surface area contributed by atoms with Crippen molar-refractivity contribution in [3.8, 4) is 11.6 Å². The molecule has 8 heteroatoms. The molecule has 0 bridgehead atoms. The number of amides is 2. The molecule has 1 heterocycles. The second-order valence-corrected chi connectivity index (χ2v) is 6.29. The van der Waals surface area contributed by atoms with Crippen molar-refractivity contribution in [2.75, 3.05) is 19.5 Å². The van der Waals surface area contributed by atoms with Gasteiger partial charge in [-0.1, -0.05) is 12.1 Å². The van der Waals surface area contributed by atoms with Crippen LogP contribution >= 0.6 is 0 Å². The maximum Gasteiger partial charge on any atom is 0.262 e. The van der Waals surface area contributed by atoms with E-state index in [1.54, 1.807) is 44.6 Å². The van der Waals surface area contributed by atoms with Crippen molar-refractivity contribution in [1.82, 2.24) is 15.1 Å². The number of aryl methyl sites for hydroxylation is 1. The molecule has 3 rings (SSSR count). The van der Waals surface area contributed by atoms with E-state index in [9.17, 15) is 9.59 Å². The number of ether oxygens (including phenoxy) is 2. The van der Waals surface area contributed by atoms with E-state index in [2.05, 4.69) is 15.7 Å². The van der Waals surface area contributed by atoms with Crippen molar-refractivity contribution in [3.05, 3.63) is 71.4 Å². The van der Waals surface area contributed by atoms with Crippen LogP contribution in [0.4, 0.5) is 5.69 Å². The Balaban J connectivity index is 1.60.